The molecule has 1 aromatic heterocycles. The Hall–Kier alpha value is -2.63. The van der Waals surface area contributed by atoms with Crippen LogP contribution in [0, 0.1) is 0 Å². The quantitative estimate of drug-likeness (QED) is 0.905. The van der Waals surface area contributed by atoms with Gasteiger partial charge in [0.25, 0.3) is 5.91 Å². The summed E-state index contributed by atoms with van der Waals surface area (Å²) in [5, 5.41) is 13.2. The van der Waals surface area contributed by atoms with Gasteiger partial charge in [0.1, 0.15) is 6.04 Å². The molecule has 0 unspecified atom stereocenters. The van der Waals surface area contributed by atoms with Crippen LogP contribution in [0.1, 0.15) is 22.8 Å². The van der Waals surface area contributed by atoms with Gasteiger partial charge < -0.3 is 10.0 Å². The average molecular weight is 287 g/mol. The number of benzene rings is 1. The number of hydrogen-bond acceptors (Lipinski definition) is 3. The van der Waals surface area contributed by atoms with Crippen molar-refractivity contribution in [1.82, 2.24) is 14.7 Å². The molecule has 0 radical (unpaired) electrons. The number of amides is 1. The summed E-state index contributed by atoms with van der Waals surface area (Å²) in [6, 6.07) is 8.38. The van der Waals surface area contributed by atoms with Crippen LogP contribution in [0.2, 0.25) is 0 Å². The van der Waals surface area contributed by atoms with E-state index in [-0.39, 0.29) is 12.5 Å². The van der Waals surface area contributed by atoms with E-state index in [1.807, 2.05) is 30.3 Å². The zero-order valence-electron chi connectivity index (χ0n) is 11.9. The van der Waals surface area contributed by atoms with Gasteiger partial charge in [-0.25, -0.2) is 4.79 Å². The summed E-state index contributed by atoms with van der Waals surface area (Å²) in [7, 11) is 1.71. The predicted octanol–water partition coefficient (Wildman–Crippen LogP) is 1.54. The molecule has 0 aliphatic rings. The fourth-order valence-corrected chi connectivity index (χ4v) is 2.00. The minimum absolute atomic E-state index is 0.238. The van der Waals surface area contributed by atoms with E-state index in [4.69, 9.17) is 0 Å². The van der Waals surface area contributed by atoms with Crippen LogP contribution in [0.5, 0.6) is 0 Å². The number of aromatic nitrogens is 2. The first-order chi connectivity index (χ1) is 9.99. The Balaban J connectivity index is 2.27. The summed E-state index contributed by atoms with van der Waals surface area (Å²) in [5.41, 5.74) is 1.25. The smallest absolute Gasteiger partial charge is 0.326 e. The molecular weight excluding hydrogens is 270 g/mol. The van der Waals surface area contributed by atoms with Gasteiger partial charge in [0.15, 0.2) is 0 Å². The molecule has 0 fully saturated rings. The van der Waals surface area contributed by atoms with Crippen molar-refractivity contribution in [2.24, 2.45) is 7.05 Å². The summed E-state index contributed by atoms with van der Waals surface area (Å²) in [5.74, 6) is -1.38. The van der Waals surface area contributed by atoms with E-state index in [0.29, 0.717) is 5.56 Å². The molecule has 6 nitrogen and oxygen atoms in total. The Labute approximate surface area is 122 Å². The number of carboxylic acids is 1. The molecule has 0 saturated heterocycles. The minimum atomic E-state index is -1.04. The highest BCUT2D eigenvalue weighted by atomic mass is 16.4. The van der Waals surface area contributed by atoms with Crippen molar-refractivity contribution in [3.8, 4) is 0 Å². The molecule has 110 valence electrons. The van der Waals surface area contributed by atoms with E-state index in [1.54, 1.807) is 13.2 Å². The third-order valence-electron chi connectivity index (χ3n) is 3.23. The molecule has 0 saturated carbocycles. The maximum Gasteiger partial charge on any atom is 0.326 e. The number of aryl methyl sites for hydroxylation is 1. The summed E-state index contributed by atoms with van der Waals surface area (Å²) >= 11 is 0. The van der Waals surface area contributed by atoms with Gasteiger partial charge in [0, 0.05) is 19.8 Å². The number of carboxylic acid groups (broad SMARTS) is 1. The number of hydrogen-bond donors (Lipinski definition) is 1. The normalized spacial score (nSPS) is 11.9. The Morgan fingerprint density at radius 2 is 2.00 bits per heavy atom. The van der Waals surface area contributed by atoms with Crippen LogP contribution in [0.3, 0.4) is 0 Å². The molecule has 21 heavy (non-hydrogen) atoms. The Morgan fingerprint density at radius 3 is 2.52 bits per heavy atom. The van der Waals surface area contributed by atoms with Crippen LogP contribution in [0.25, 0.3) is 0 Å². The number of rotatable bonds is 5. The van der Waals surface area contributed by atoms with Crippen molar-refractivity contribution >= 4 is 11.9 Å². The molecule has 1 amide bonds. The number of aliphatic carboxylic acids is 1. The Kier molecular flexibility index (Phi) is 4.37. The van der Waals surface area contributed by atoms with Crippen molar-refractivity contribution in [3.63, 3.8) is 0 Å². The Bertz CT molecular complexity index is 637. The monoisotopic (exact) mass is 287 g/mol. The molecule has 1 N–H and O–H groups in total. The van der Waals surface area contributed by atoms with Gasteiger partial charge >= 0.3 is 5.97 Å². The maximum atomic E-state index is 12.5. The maximum absolute atomic E-state index is 12.5. The molecule has 6 heteroatoms. The van der Waals surface area contributed by atoms with E-state index in [0.717, 1.165) is 5.56 Å². The second kappa shape index (κ2) is 6.21. The zero-order chi connectivity index (χ0) is 15.4. The molecule has 0 bridgehead atoms. The van der Waals surface area contributed by atoms with Crippen LogP contribution >= 0.6 is 0 Å². The van der Waals surface area contributed by atoms with E-state index in [9.17, 15) is 14.7 Å². The van der Waals surface area contributed by atoms with Gasteiger partial charge in [-0.2, -0.15) is 5.10 Å². The summed E-state index contributed by atoms with van der Waals surface area (Å²) in [6.07, 6.45) is 3.02. The third kappa shape index (κ3) is 3.47. The Morgan fingerprint density at radius 1 is 1.33 bits per heavy atom. The topological polar surface area (TPSA) is 75.4 Å². The highest BCUT2D eigenvalue weighted by Crippen LogP contribution is 2.13. The van der Waals surface area contributed by atoms with Crippen molar-refractivity contribution in [2.75, 3.05) is 0 Å². The van der Waals surface area contributed by atoms with Crippen LogP contribution in [-0.4, -0.2) is 37.7 Å². The molecular formula is C15H17N3O3. The molecule has 2 aromatic rings. The number of nitrogens with zero attached hydrogens (tertiary/aromatic N) is 3. The minimum Gasteiger partial charge on any atom is -0.480 e. The van der Waals surface area contributed by atoms with E-state index < -0.39 is 12.0 Å². The summed E-state index contributed by atoms with van der Waals surface area (Å²) in [6.45, 7) is 1.74. The van der Waals surface area contributed by atoms with Crippen molar-refractivity contribution in [3.05, 3.63) is 53.9 Å². The predicted molar refractivity (Wildman–Crippen MR) is 76.6 cm³/mol. The standard InChI is InChI=1S/C15H17N3O3/c1-11(15(20)21)18(9-12-6-4-3-5-7-12)14(19)13-8-16-17(2)10-13/h3-8,10-11H,9H2,1-2H3,(H,20,21)/t11-/m1/s1. The summed E-state index contributed by atoms with van der Waals surface area (Å²) < 4.78 is 1.51. The average Bonchev–Trinajstić information content (AvgIpc) is 2.91. The number of carbonyl (C=O) groups is 2. The number of carbonyl (C=O) groups excluding carboxylic acids is 1. The van der Waals surface area contributed by atoms with Gasteiger partial charge in [-0.15, -0.1) is 0 Å². The zero-order valence-corrected chi connectivity index (χ0v) is 11.9. The molecule has 1 atom stereocenters. The van der Waals surface area contributed by atoms with Gasteiger partial charge in [-0.1, -0.05) is 30.3 Å². The summed E-state index contributed by atoms with van der Waals surface area (Å²) in [4.78, 5) is 25.1. The highest BCUT2D eigenvalue weighted by molar-refractivity contribution is 5.96. The van der Waals surface area contributed by atoms with Gasteiger partial charge in [-0.3, -0.25) is 9.48 Å². The van der Waals surface area contributed by atoms with Crippen LogP contribution in [0.15, 0.2) is 42.7 Å². The van der Waals surface area contributed by atoms with E-state index >= 15 is 0 Å². The third-order valence-corrected chi connectivity index (χ3v) is 3.23. The van der Waals surface area contributed by atoms with Crippen molar-refractivity contribution in [1.29, 1.82) is 0 Å². The second-order valence-corrected chi connectivity index (χ2v) is 4.84. The van der Waals surface area contributed by atoms with Gasteiger partial charge in [0.05, 0.1) is 11.8 Å². The highest BCUT2D eigenvalue weighted by Gasteiger charge is 2.27. The molecule has 2 rings (SSSR count). The van der Waals surface area contributed by atoms with Crippen LogP contribution < -0.4 is 0 Å². The first kappa shape index (κ1) is 14.8. The lowest BCUT2D eigenvalue weighted by Gasteiger charge is -2.26. The van der Waals surface area contributed by atoms with Crippen LogP contribution in [-0.2, 0) is 18.4 Å². The first-order valence-electron chi connectivity index (χ1n) is 6.55. The van der Waals surface area contributed by atoms with E-state index in [1.165, 1.54) is 22.7 Å². The molecule has 1 aromatic carbocycles. The molecule has 0 spiro atoms. The SMILES string of the molecule is C[C@H](C(=O)O)N(Cc1ccccc1)C(=O)c1cnn(C)c1. The second-order valence-electron chi connectivity index (χ2n) is 4.84. The van der Waals surface area contributed by atoms with E-state index in [2.05, 4.69) is 5.10 Å². The van der Waals surface area contributed by atoms with Crippen molar-refractivity contribution < 1.29 is 14.7 Å². The first-order valence-corrected chi connectivity index (χ1v) is 6.55. The molecule has 0 aliphatic carbocycles. The largest absolute Gasteiger partial charge is 0.480 e. The lowest BCUT2D eigenvalue weighted by molar-refractivity contribution is -0.141. The van der Waals surface area contributed by atoms with Crippen molar-refractivity contribution in [2.45, 2.75) is 19.5 Å². The molecule has 0 aliphatic heterocycles. The van der Waals surface area contributed by atoms with Crippen LogP contribution in [0.4, 0.5) is 0 Å². The fraction of sp³-hybridized carbons (Fsp3) is 0.267. The lowest BCUT2D eigenvalue weighted by Crippen LogP contribution is -2.42. The lowest BCUT2D eigenvalue weighted by atomic mass is 10.1. The fourth-order valence-electron chi connectivity index (χ4n) is 2.00. The molecule has 1 heterocycles. The van der Waals surface area contributed by atoms with Gasteiger partial charge in [0.2, 0.25) is 0 Å². The van der Waals surface area contributed by atoms with Gasteiger partial charge in [-0.05, 0) is 12.5 Å².